The summed E-state index contributed by atoms with van der Waals surface area (Å²) in [6, 6.07) is 73.6. The van der Waals surface area contributed by atoms with Gasteiger partial charge < -0.3 is 14.4 Å². The van der Waals surface area contributed by atoms with E-state index in [9.17, 15) is 0 Å². The average molecular weight is 977 g/mol. The Kier molecular flexibility index (Phi) is 10.5. The molecular weight excluding hydrogens is 939 g/mol. The molecule has 0 aliphatic carbocycles. The van der Waals surface area contributed by atoms with Crippen LogP contribution in [0.3, 0.4) is 0 Å². The summed E-state index contributed by atoms with van der Waals surface area (Å²) in [5, 5.41) is 7.80. The van der Waals surface area contributed by atoms with Crippen molar-refractivity contribution < 1.29 is 21.1 Å². The Labute approximate surface area is 376 Å². The maximum Gasteiger partial charge on any atom is 0.197 e. The molecule has 62 heavy (non-hydrogen) atoms. The summed E-state index contributed by atoms with van der Waals surface area (Å²) >= 11 is 0. The van der Waals surface area contributed by atoms with Gasteiger partial charge in [0, 0.05) is 49.3 Å². The van der Waals surface area contributed by atoms with Crippen LogP contribution in [0.5, 0.6) is 0 Å². The Balaban J connectivity index is 0.00000458. The molecule has 1 aliphatic heterocycles. The molecule has 0 spiro atoms. The zero-order valence-electron chi connectivity index (χ0n) is 33.8. The van der Waals surface area contributed by atoms with Crippen molar-refractivity contribution in [1.29, 1.82) is 0 Å². The van der Waals surface area contributed by atoms with Gasteiger partial charge in [-0.15, -0.1) is 18.4 Å². The number of nitrogens with zero attached hydrogens (tertiary/aromatic N) is 6. The second-order valence-electron chi connectivity index (χ2n) is 15.3. The SMILES string of the molecule is Cc1ccc(N2C=CN(c3[c-]c(B(c4[c-]c(-n5c6ccccc6c6cccnc65)ccc4)c4c(-c5ccccc5)nn(-c5ccccc5)c4-c4ccccc4)ccc3)[CH-]2)cc1.[Pt]. The van der Waals surface area contributed by atoms with E-state index in [0.717, 1.165) is 83.6 Å². The number of para-hydroxylation sites is 2. The number of hydrogen-bond donors (Lipinski definition) is 0. The predicted molar refractivity (Wildman–Crippen MR) is 251 cm³/mol. The van der Waals surface area contributed by atoms with Gasteiger partial charge in [0.05, 0.1) is 22.6 Å². The number of hydrogen-bond acceptors (Lipinski definition) is 4. The van der Waals surface area contributed by atoms with Gasteiger partial charge in [-0.1, -0.05) is 120 Å². The first-order valence-electron chi connectivity index (χ1n) is 20.5. The van der Waals surface area contributed by atoms with Crippen molar-refractivity contribution >= 4 is 56.4 Å². The zero-order chi connectivity index (χ0) is 40.7. The second-order valence-corrected chi connectivity index (χ2v) is 15.3. The van der Waals surface area contributed by atoms with Gasteiger partial charge in [-0.3, -0.25) is 0 Å². The van der Waals surface area contributed by atoms with E-state index in [1.54, 1.807) is 0 Å². The van der Waals surface area contributed by atoms with E-state index in [2.05, 4.69) is 233 Å². The summed E-state index contributed by atoms with van der Waals surface area (Å²) in [7, 11) is 0. The molecule has 0 N–H and O–H groups in total. The van der Waals surface area contributed by atoms with E-state index < -0.39 is 0 Å². The molecule has 0 unspecified atom stereocenters. The van der Waals surface area contributed by atoms with Crippen LogP contribution < -0.4 is 26.2 Å². The Hall–Kier alpha value is -7.21. The van der Waals surface area contributed by atoms with E-state index in [0.29, 0.717) is 0 Å². The topological polar surface area (TPSA) is 42.1 Å². The van der Waals surface area contributed by atoms with Gasteiger partial charge in [-0.05, 0) is 72.8 Å². The zero-order valence-corrected chi connectivity index (χ0v) is 36.1. The minimum atomic E-state index is -0.358. The first-order valence-corrected chi connectivity index (χ1v) is 20.5. The van der Waals surface area contributed by atoms with Gasteiger partial charge in [0.25, 0.3) is 0 Å². The molecule has 0 atom stereocenters. The number of anilines is 2. The predicted octanol–water partition coefficient (Wildman–Crippen LogP) is 10.0. The molecule has 0 amide bonds. The van der Waals surface area contributed by atoms with E-state index in [1.807, 2.05) is 18.3 Å². The summed E-state index contributed by atoms with van der Waals surface area (Å²) in [4.78, 5) is 9.19. The molecule has 0 bridgehead atoms. The van der Waals surface area contributed by atoms with Gasteiger partial charge in [0.1, 0.15) is 5.65 Å². The molecule has 6 nitrogen and oxygen atoms in total. The third kappa shape index (κ3) is 7.04. The van der Waals surface area contributed by atoms with Gasteiger partial charge in [-0.25, -0.2) is 9.67 Å². The number of rotatable bonds is 9. The molecule has 8 heteroatoms. The van der Waals surface area contributed by atoms with Crippen LogP contribution in [-0.2, 0) is 21.1 Å². The molecule has 1 aliphatic rings. The van der Waals surface area contributed by atoms with Crippen LogP contribution >= 0.6 is 0 Å². The number of benzene rings is 7. The standard InChI is InChI=1S/C54H38BN6.Pt/c1-39-29-31-44(32-30-39)58-34-35-59(38-58)46-24-13-20-42(36-46)55(43-21-14-25-47(37-43)60-50-28-12-11-26-48(50)49-27-15-33-56-54(49)60)51-52(40-16-5-2-6-17-40)57-61(45-22-9-4-10-23-45)53(51)41-18-7-3-8-19-41;/h2-35,38H,1H3;/q-3;. The van der Waals surface area contributed by atoms with Gasteiger partial charge in [0.15, 0.2) is 6.71 Å². The fraction of sp³-hybridized carbons (Fsp3) is 0.0185. The van der Waals surface area contributed by atoms with Gasteiger partial charge >= 0.3 is 0 Å². The van der Waals surface area contributed by atoms with Gasteiger partial charge in [0.2, 0.25) is 0 Å². The Bertz CT molecular complexity index is 3150. The van der Waals surface area contributed by atoms with Crippen LogP contribution in [0.2, 0.25) is 0 Å². The summed E-state index contributed by atoms with van der Waals surface area (Å²) in [6.45, 7) is 3.86. The van der Waals surface area contributed by atoms with Crippen LogP contribution in [0.25, 0.3) is 55.8 Å². The van der Waals surface area contributed by atoms with Crippen molar-refractivity contribution in [2.75, 3.05) is 9.80 Å². The normalized spacial score (nSPS) is 12.3. The second kappa shape index (κ2) is 16.7. The van der Waals surface area contributed by atoms with Crippen LogP contribution in [0.1, 0.15) is 5.56 Å². The summed E-state index contributed by atoms with van der Waals surface area (Å²) in [6.07, 6.45) is 6.04. The molecule has 300 valence electrons. The minimum Gasteiger partial charge on any atom is -0.500 e. The molecule has 7 aromatic carbocycles. The molecule has 3 aromatic heterocycles. The molecular formula is C54H38BN6Pt-3. The molecule has 0 saturated carbocycles. The minimum absolute atomic E-state index is 0. The Morgan fingerprint density at radius 1 is 0.532 bits per heavy atom. The van der Waals surface area contributed by atoms with Crippen molar-refractivity contribution in [3.05, 3.63) is 231 Å². The molecule has 10 aromatic rings. The summed E-state index contributed by atoms with van der Waals surface area (Å²) in [5.74, 6) is 0. The number of aromatic nitrogens is 4. The Morgan fingerprint density at radius 2 is 1.15 bits per heavy atom. The Morgan fingerprint density at radius 3 is 1.89 bits per heavy atom. The van der Waals surface area contributed by atoms with Crippen molar-refractivity contribution in [1.82, 2.24) is 19.3 Å². The molecule has 0 fully saturated rings. The first-order chi connectivity index (χ1) is 30.2. The third-order valence-corrected chi connectivity index (χ3v) is 11.5. The van der Waals surface area contributed by atoms with Crippen LogP contribution in [-0.4, -0.2) is 26.0 Å². The summed E-state index contributed by atoms with van der Waals surface area (Å²) < 4.78 is 4.35. The third-order valence-electron chi connectivity index (χ3n) is 11.5. The number of fused-ring (bicyclic) bond motifs is 3. The fourth-order valence-corrected chi connectivity index (χ4v) is 8.59. The van der Waals surface area contributed by atoms with E-state index >= 15 is 0 Å². The van der Waals surface area contributed by atoms with E-state index in [4.69, 9.17) is 10.1 Å². The largest absolute Gasteiger partial charge is 0.500 e. The quantitative estimate of drug-likeness (QED) is 0.107. The van der Waals surface area contributed by atoms with Crippen LogP contribution in [0, 0.1) is 25.7 Å². The maximum absolute atomic E-state index is 5.54. The molecule has 0 saturated heterocycles. The van der Waals surface area contributed by atoms with Crippen molar-refractivity contribution in [3.8, 4) is 33.9 Å². The average Bonchev–Trinajstić information content (AvgIpc) is 4.06. The number of aryl methyl sites for hydroxylation is 1. The smallest absolute Gasteiger partial charge is 0.197 e. The van der Waals surface area contributed by atoms with E-state index in [-0.39, 0.29) is 27.8 Å². The van der Waals surface area contributed by atoms with Crippen LogP contribution in [0.15, 0.2) is 207 Å². The van der Waals surface area contributed by atoms with Crippen molar-refractivity contribution in [3.63, 3.8) is 0 Å². The molecule has 0 radical (unpaired) electrons. The number of pyridine rings is 1. The van der Waals surface area contributed by atoms with Crippen molar-refractivity contribution in [2.45, 2.75) is 6.92 Å². The first kappa shape index (κ1) is 39.0. The molecule has 4 heterocycles. The van der Waals surface area contributed by atoms with Crippen LogP contribution in [0.4, 0.5) is 11.4 Å². The monoisotopic (exact) mass is 976 g/mol. The fourth-order valence-electron chi connectivity index (χ4n) is 8.59. The maximum atomic E-state index is 5.54. The van der Waals surface area contributed by atoms with Crippen molar-refractivity contribution in [2.24, 2.45) is 0 Å². The summed E-state index contributed by atoms with van der Waals surface area (Å²) in [5.41, 5.74) is 14.1. The van der Waals surface area contributed by atoms with Gasteiger partial charge in [-0.2, -0.15) is 58.5 Å². The molecule has 11 rings (SSSR count). The van der Waals surface area contributed by atoms with E-state index in [1.165, 1.54) is 5.56 Å².